The van der Waals surface area contributed by atoms with Gasteiger partial charge in [0.25, 0.3) is 0 Å². The lowest BCUT2D eigenvalue weighted by Gasteiger charge is -2.30. The summed E-state index contributed by atoms with van der Waals surface area (Å²) in [5, 5.41) is 16.7. The summed E-state index contributed by atoms with van der Waals surface area (Å²) < 4.78 is 1.81. The first kappa shape index (κ1) is 15.6. The summed E-state index contributed by atoms with van der Waals surface area (Å²) in [6, 6.07) is 9.94. The first-order chi connectivity index (χ1) is 11.2. The van der Waals surface area contributed by atoms with E-state index in [0.29, 0.717) is 13.1 Å². The van der Waals surface area contributed by atoms with Crippen molar-refractivity contribution in [1.29, 1.82) is 0 Å². The smallest absolute Gasteiger partial charge is 0.317 e. The van der Waals surface area contributed by atoms with Crippen molar-refractivity contribution >= 4 is 6.03 Å². The fraction of sp³-hybridized carbons (Fsp3) is 0.412. The zero-order valence-electron chi connectivity index (χ0n) is 13.1. The normalized spacial score (nSPS) is 18.0. The molecule has 1 aromatic heterocycles. The minimum absolute atomic E-state index is 0.0862. The molecule has 1 aliphatic rings. The molecule has 122 valence electrons. The Morgan fingerprint density at radius 1 is 1.35 bits per heavy atom. The molecule has 23 heavy (non-hydrogen) atoms. The summed E-state index contributed by atoms with van der Waals surface area (Å²) in [4.78, 5) is 13.7. The van der Waals surface area contributed by atoms with E-state index in [0.717, 1.165) is 31.5 Å². The number of nitrogens with zero attached hydrogens (tertiary/aromatic N) is 3. The number of hydrogen-bond donors (Lipinski definition) is 2. The third-order valence-corrected chi connectivity index (χ3v) is 4.08. The van der Waals surface area contributed by atoms with Gasteiger partial charge in [0.1, 0.15) is 0 Å². The van der Waals surface area contributed by atoms with Gasteiger partial charge in [0.2, 0.25) is 0 Å². The van der Waals surface area contributed by atoms with Crippen LogP contribution in [0.3, 0.4) is 0 Å². The van der Waals surface area contributed by atoms with Crippen LogP contribution in [-0.4, -0.2) is 51.6 Å². The van der Waals surface area contributed by atoms with Crippen LogP contribution in [0.5, 0.6) is 0 Å². The Morgan fingerprint density at radius 2 is 2.17 bits per heavy atom. The van der Waals surface area contributed by atoms with E-state index in [4.69, 9.17) is 0 Å². The van der Waals surface area contributed by atoms with Gasteiger partial charge in [0.15, 0.2) is 0 Å². The first-order valence-electron chi connectivity index (χ1n) is 8.02. The number of likely N-dealkylation sites (tertiary alicyclic amines) is 1. The fourth-order valence-corrected chi connectivity index (χ4v) is 2.80. The topological polar surface area (TPSA) is 70.4 Å². The Kier molecular flexibility index (Phi) is 4.92. The molecule has 2 aromatic rings. The molecule has 0 spiro atoms. The molecular formula is C17H22N4O2. The van der Waals surface area contributed by atoms with Gasteiger partial charge in [-0.05, 0) is 43.0 Å². The van der Waals surface area contributed by atoms with Gasteiger partial charge >= 0.3 is 6.03 Å². The standard InChI is InChI=1S/C17H22N4O2/c22-16-3-1-11-20(13-16)17(23)18-10-8-14-4-6-15(7-5-14)21-12-2-9-19-21/h2,4-7,9,12,16,22H,1,3,8,10-11,13H2,(H,18,23). The van der Waals surface area contributed by atoms with Crippen LogP contribution in [0.25, 0.3) is 5.69 Å². The average molecular weight is 314 g/mol. The molecule has 0 bridgehead atoms. The highest BCUT2D eigenvalue weighted by Gasteiger charge is 2.21. The van der Waals surface area contributed by atoms with Crippen LogP contribution in [0, 0.1) is 0 Å². The van der Waals surface area contributed by atoms with Crippen LogP contribution in [0.2, 0.25) is 0 Å². The van der Waals surface area contributed by atoms with Crippen molar-refractivity contribution in [1.82, 2.24) is 20.0 Å². The molecule has 1 aliphatic heterocycles. The molecule has 0 saturated carbocycles. The lowest BCUT2D eigenvalue weighted by atomic mass is 10.1. The van der Waals surface area contributed by atoms with E-state index in [1.165, 1.54) is 5.56 Å². The largest absolute Gasteiger partial charge is 0.391 e. The molecule has 1 aromatic carbocycles. The Bertz CT molecular complexity index is 625. The molecule has 1 atom stereocenters. The van der Waals surface area contributed by atoms with Crippen LogP contribution in [0.15, 0.2) is 42.7 Å². The molecule has 0 aliphatic carbocycles. The van der Waals surface area contributed by atoms with Gasteiger partial charge in [0.05, 0.1) is 11.8 Å². The Morgan fingerprint density at radius 3 is 2.87 bits per heavy atom. The molecular weight excluding hydrogens is 292 g/mol. The molecule has 6 nitrogen and oxygen atoms in total. The SMILES string of the molecule is O=C(NCCc1ccc(-n2cccn2)cc1)N1CCCC(O)C1. The Hall–Kier alpha value is -2.34. The van der Waals surface area contributed by atoms with Crippen molar-refractivity contribution in [2.75, 3.05) is 19.6 Å². The number of nitrogens with one attached hydrogen (secondary N) is 1. The number of β-amino-alcohol motifs (C(OH)–C–C–N with tert-alkyl or cyclic N) is 1. The Labute approximate surface area is 135 Å². The van der Waals surface area contributed by atoms with Gasteiger partial charge in [-0.1, -0.05) is 12.1 Å². The van der Waals surface area contributed by atoms with Crippen molar-refractivity contribution in [3.8, 4) is 5.69 Å². The van der Waals surface area contributed by atoms with Gasteiger partial charge in [-0.25, -0.2) is 9.48 Å². The number of aliphatic hydroxyl groups is 1. The van der Waals surface area contributed by atoms with Crippen molar-refractivity contribution in [2.45, 2.75) is 25.4 Å². The molecule has 1 saturated heterocycles. The van der Waals surface area contributed by atoms with Gasteiger partial charge < -0.3 is 15.3 Å². The second kappa shape index (κ2) is 7.28. The third kappa shape index (κ3) is 4.10. The molecule has 2 N–H and O–H groups in total. The van der Waals surface area contributed by atoms with E-state index in [1.807, 2.05) is 41.2 Å². The van der Waals surface area contributed by atoms with Gasteiger partial charge in [-0.2, -0.15) is 5.10 Å². The quantitative estimate of drug-likeness (QED) is 0.900. The highest BCUT2D eigenvalue weighted by Crippen LogP contribution is 2.10. The predicted octanol–water partition coefficient (Wildman–Crippen LogP) is 1.58. The molecule has 2 amide bonds. The third-order valence-electron chi connectivity index (χ3n) is 4.08. The number of rotatable bonds is 4. The minimum atomic E-state index is -0.385. The highest BCUT2D eigenvalue weighted by molar-refractivity contribution is 5.74. The summed E-state index contributed by atoms with van der Waals surface area (Å²) in [5.41, 5.74) is 2.19. The van der Waals surface area contributed by atoms with E-state index in [2.05, 4.69) is 10.4 Å². The maximum Gasteiger partial charge on any atom is 0.317 e. The zero-order chi connectivity index (χ0) is 16.1. The summed E-state index contributed by atoms with van der Waals surface area (Å²) in [6.07, 6.45) is 5.70. The number of aliphatic hydroxyl groups excluding tert-OH is 1. The maximum atomic E-state index is 12.0. The van der Waals surface area contributed by atoms with E-state index >= 15 is 0 Å². The number of carbonyl (C=O) groups excluding carboxylic acids is 1. The summed E-state index contributed by atoms with van der Waals surface area (Å²) in [6.45, 7) is 1.75. The van der Waals surface area contributed by atoms with E-state index < -0.39 is 0 Å². The average Bonchev–Trinajstić information content (AvgIpc) is 3.10. The van der Waals surface area contributed by atoms with Crippen LogP contribution >= 0.6 is 0 Å². The lowest BCUT2D eigenvalue weighted by molar-refractivity contribution is 0.0843. The molecule has 2 heterocycles. The van der Waals surface area contributed by atoms with E-state index in [1.54, 1.807) is 11.1 Å². The number of hydrogen-bond acceptors (Lipinski definition) is 3. The highest BCUT2D eigenvalue weighted by atomic mass is 16.3. The number of amides is 2. The van der Waals surface area contributed by atoms with E-state index in [-0.39, 0.29) is 12.1 Å². The van der Waals surface area contributed by atoms with Gasteiger partial charge in [-0.15, -0.1) is 0 Å². The lowest BCUT2D eigenvalue weighted by Crippen LogP contribution is -2.47. The second-order valence-electron chi connectivity index (χ2n) is 5.84. The number of benzene rings is 1. The summed E-state index contributed by atoms with van der Waals surface area (Å²) in [7, 11) is 0. The molecule has 6 heteroatoms. The monoisotopic (exact) mass is 314 g/mol. The van der Waals surface area contributed by atoms with Crippen LogP contribution in [0.1, 0.15) is 18.4 Å². The molecule has 1 fully saturated rings. The second-order valence-corrected chi connectivity index (χ2v) is 5.84. The number of urea groups is 1. The van der Waals surface area contributed by atoms with Gasteiger partial charge in [-0.3, -0.25) is 0 Å². The molecule has 1 unspecified atom stereocenters. The fourth-order valence-electron chi connectivity index (χ4n) is 2.80. The van der Waals surface area contributed by atoms with Crippen molar-refractivity contribution in [2.24, 2.45) is 0 Å². The molecule has 0 radical (unpaired) electrons. The maximum absolute atomic E-state index is 12.0. The predicted molar refractivity (Wildman–Crippen MR) is 87.5 cm³/mol. The van der Waals surface area contributed by atoms with Crippen molar-refractivity contribution in [3.63, 3.8) is 0 Å². The van der Waals surface area contributed by atoms with Crippen LogP contribution in [0.4, 0.5) is 4.79 Å². The number of carbonyl (C=O) groups is 1. The summed E-state index contributed by atoms with van der Waals surface area (Å²) >= 11 is 0. The number of piperidine rings is 1. The van der Waals surface area contributed by atoms with Crippen molar-refractivity contribution in [3.05, 3.63) is 48.3 Å². The Balaban J connectivity index is 1.46. The van der Waals surface area contributed by atoms with Gasteiger partial charge in [0, 0.05) is 32.0 Å². The molecule has 3 rings (SSSR count). The van der Waals surface area contributed by atoms with Crippen LogP contribution in [-0.2, 0) is 6.42 Å². The zero-order valence-corrected chi connectivity index (χ0v) is 13.1. The summed E-state index contributed by atoms with van der Waals surface area (Å²) in [5.74, 6) is 0. The van der Waals surface area contributed by atoms with Crippen LogP contribution < -0.4 is 5.32 Å². The van der Waals surface area contributed by atoms with Crippen molar-refractivity contribution < 1.29 is 9.90 Å². The number of aromatic nitrogens is 2. The van der Waals surface area contributed by atoms with E-state index in [9.17, 15) is 9.90 Å². The first-order valence-corrected chi connectivity index (χ1v) is 8.02. The minimum Gasteiger partial charge on any atom is -0.391 e.